The Morgan fingerprint density at radius 1 is 1.33 bits per heavy atom. The zero-order chi connectivity index (χ0) is 13.2. The molecule has 0 saturated heterocycles. The number of hydrogen-bond donors (Lipinski definition) is 1. The standard InChI is InChI=1S/C15H29NO2/c1-4-9-13(17-6-3)15(16-11-5-2)14-10-7-8-12-18-14/h10,13,15-16H,4-9,11-12H2,1-3H3. The first kappa shape index (κ1) is 15.5. The van der Waals surface area contributed by atoms with Crippen LogP contribution in [0.1, 0.15) is 52.9 Å². The Kier molecular flexibility index (Phi) is 8.10. The fourth-order valence-electron chi connectivity index (χ4n) is 2.35. The lowest BCUT2D eigenvalue weighted by molar-refractivity contribution is 0.0175. The SMILES string of the molecule is CCCNC(C1=CCCCO1)C(CCC)OCC. The molecule has 18 heavy (non-hydrogen) atoms. The van der Waals surface area contributed by atoms with Crippen molar-refractivity contribution in [2.45, 2.75) is 65.0 Å². The van der Waals surface area contributed by atoms with Crippen LogP contribution in [-0.4, -0.2) is 31.9 Å². The summed E-state index contributed by atoms with van der Waals surface area (Å²) in [6.45, 7) is 9.09. The number of ether oxygens (including phenoxy) is 2. The van der Waals surface area contributed by atoms with E-state index in [2.05, 4.69) is 32.2 Å². The molecular weight excluding hydrogens is 226 g/mol. The van der Waals surface area contributed by atoms with Crippen LogP contribution >= 0.6 is 0 Å². The Labute approximate surface area is 112 Å². The van der Waals surface area contributed by atoms with E-state index in [9.17, 15) is 0 Å². The molecule has 0 saturated carbocycles. The summed E-state index contributed by atoms with van der Waals surface area (Å²) in [4.78, 5) is 0. The second-order valence-corrected chi connectivity index (χ2v) is 4.81. The molecule has 3 nitrogen and oxygen atoms in total. The fourth-order valence-corrected chi connectivity index (χ4v) is 2.35. The molecule has 2 unspecified atom stereocenters. The molecule has 0 amide bonds. The number of hydrogen-bond acceptors (Lipinski definition) is 3. The minimum Gasteiger partial charge on any atom is -0.496 e. The first-order chi connectivity index (χ1) is 8.83. The molecule has 0 spiro atoms. The fraction of sp³-hybridized carbons (Fsp3) is 0.867. The molecule has 2 atom stereocenters. The molecule has 0 aromatic heterocycles. The molecule has 0 aliphatic carbocycles. The lowest BCUT2D eigenvalue weighted by Crippen LogP contribution is -2.44. The Bertz CT molecular complexity index is 235. The summed E-state index contributed by atoms with van der Waals surface area (Å²) in [5, 5.41) is 3.59. The van der Waals surface area contributed by atoms with Gasteiger partial charge in [-0.3, -0.25) is 0 Å². The average molecular weight is 255 g/mol. The highest BCUT2D eigenvalue weighted by Gasteiger charge is 2.26. The normalized spacial score (nSPS) is 18.9. The van der Waals surface area contributed by atoms with Crippen LogP contribution < -0.4 is 5.32 Å². The van der Waals surface area contributed by atoms with E-state index in [1.807, 2.05) is 0 Å². The van der Waals surface area contributed by atoms with Gasteiger partial charge in [0.25, 0.3) is 0 Å². The average Bonchev–Trinajstić information content (AvgIpc) is 2.41. The maximum absolute atomic E-state index is 5.91. The summed E-state index contributed by atoms with van der Waals surface area (Å²) in [5.74, 6) is 1.10. The molecule has 3 heteroatoms. The summed E-state index contributed by atoms with van der Waals surface area (Å²) >= 11 is 0. The summed E-state index contributed by atoms with van der Waals surface area (Å²) < 4.78 is 11.7. The summed E-state index contributed by atoms with van der Waals surface area (Å²) in [7, 11) is 0. The molecule has 0 fully saturated rings. The van der Waals surface area contributed by atoms with Gasteiger partial charge in [-0.25, -0.2) is 0 Å². The van der Waals surface area contributed by atoms with Gasteiger partial charge >= 0.3 is 0 Å². The van der Waals surface area contributed by atoms with Crippen LogP contribution in [0.15, 0.2) is 11.8 Å². The first-order valence-electron chi connectivity index (χ1n) is 7.51. The Balaban J connectivity index is 2.69. The molecule has 0 aromatic rings. The van der Waals surface area contributed by atoms with Crippen LogP contribution in [0.5, 0.6) is 0 Å². The minimum absolute atomic E-state index is 0.227. The van der Waals surface area contributed by atoms with E-state index in [0.717, 1.165) is 57.6 Å². The highest BCUT2D eigenvalue weighted by atomic mass is 16.5. The van der Waals surface area contributed by atoms with Crippen LogP contribution in [0.25, 0.3) is 0 Å². The van der Waals surface area contributed by atoms with E-state index in [0.29, 0.717) is 0 Å². The molecule has 106 valence electrons. The van der Waals surface area contributed by atoms with Crippen molar-refractivity contribution in [3.8, 4) is 0 Å². The van der Waals surface area contributed by atoms with Gasteiger partial charge in [0.1, 0.15) is 5.76 Å². The second-order valence-electron chi connectivity index (χ2n) is 4.81. The van der Waals surface area contributed by atoms with Crippen molar-refractivity contribution in [2.75, 3.05) is 19.8 Å². The van der Waals surface area contributed by atoms with Gasteiger partial charge < -0.3 is 14.8 Å². The van der Waals surface area contributed by atoms with Crippen LogP contribution in [0.2, 0.25) is 0 Å². The predicted molar refractivity (Wildman–Crippen MR) is 75.7 cm³/mol. The molecule has 1 heterocycles. The Morgan fingerprint density at radius 3 is 2.72 bits per heavy atom. The van der Waals surface area contributed by atoms with Crippen LogP contribution in [0.4, 0.5) is 0 Å². The van der Waals surface area contributed by atoms with Gasteiger partial charge in [0.2, 0.25) is 0 Å². The maximum atomic E-state index is 5.91. The monoisotopic (exact) mass is 255 g/mol. The molecule has 0 aromatic carbocycles. The van der Waals surface area contributed by atoms with Gasteiger partial charge in [-0.1, -0.05) is 20.3 Å². The predicted octanol–water partition coefficient (Wildman–Crippen LogP) is 3.25. The Morgan fingerprint density at radius 2 is 2.17 bits per heavy atom. The molecule has 0 radical (unpaired) electrons. The number of rotatable bonds is 9. The van der Waals surface area contributed by atoms with E-state index in [4.69, 9.17) is 9.47 Å². The van der Waals surface area contributed by atoms with Gasteiger partial charge in [0, 0.05) is 6.61 Å². The van der Waals surface area contributed by atoms with Gasteiger partial charge in [-0.2, -0.15) is 0 Å². The molecular formula is C15H29NO2. The molecule has 1 rings (SSSR count). The lowest BCUT2D eigenvalue weighted by atomic mass is 10.0. The Hall–Kier alpha value is -0.540. The van der Waals surface area contributed by atoms with E-state index in [-0.39, 0.29) is 12.1 Å². The van der Waals surface area contributed by atoms with Crippen molar-refractivity contribution in [2.24, 2.45) is 0 Å². The van der Waals surface area contributed by atoms with E-state index < -0.39 is 0 Å². The largest absolute Gasteiger partial charge is 0.496 e. The number of allylic oxidation sites excluding steroid dienone is 1. The second kappa shape index (κ2) is 9.40. The lowest BCUT2D eigenvalue weighted by Gasteiger charge is -2.31. The van der Waals surface area contributed by atoms with Gasteiger partial charge in [-0.15, -0.1) is 0 Å². The van der Waals surface area contributed by atoms with Crippen LogP contribution in [-0.2, 0) is 9.47 Å². The van der Waals surface area contributed by atoms with Crippen LogP contribution in [0.3, 0.4) is 0 Å². The topological polar surface area (TPSA) is 30.5 Å². The maximum Gasteiger partial charge on any atom is 0.112 e. The summed E-state index contributed by atoms with van der Waals surface area (Å²) in [6.07, 6.45) is 8.09. The van der Waals surface area contributed by atoms with E-state index in [1.54, 1.807) is 0 Å². The van der Waals surface area contributed by atoms with Crippen molar-refractivity contribution in [3.63, 3.8) is 0 Å². The molecule has 0 bridgehead atoms. The molecule has 1 N–H and O–H groups in total. The molecule has 1 aliphatic heterocycles. The summed E-state index contributed by atoms with van der Waals surface area (Å²) in [6, 6.07) is 0.227. The van der Waals surface area contributed by atoms with Gasteiger partial charge in [-0.05, 0) is 45.2 Å². The van der Waals surface area contributed by atoms with Crippen molar-refractivity contribution in [1.82, 2.24) is 5.32 Å². The smallest absolute Gasteiger partial charge is 0.112 e. The number of nitrogens with one attached hydrogen (secondary N) is 1. The summed E-state index contributed by atoms with van der Waals surface area (Å²) in [5.41, 5.74) is 0. The minimum atomic E-state index is 0.227. The van der Waals surface area contributed by atoms with Gasteiger partial charge in [0.05, 0.1) is 18.8 Å². The van der Waals surface area contributed by atoms with Crippen molar-refractivity contribution >= 4 is 0 Å². The van der Waals surface area contributed by atoms with Gasteiger partial charge in [0.15, 0.2) is 0 Å². The third-order valence-electron chi connectivity index (χ3n) is 3.21. The highest BCUT2D eigenvalue weighted by molar-refractivity contribution is 5.08. The molecule has 1 aliphatic rings. The first-order valence-corrected chi connectivity index (χ1v) is 7.51. The highest BCUT2D eigenvalue weighted by Crippen LogP contribution is 2.20. The zero-order valence-electron chi connectivity index (χ0n) is 12.2. The van der Waals surface area contributed by atoms with Crippen LogP contribution in [0, 0.1) is 0 Å². The van der Waals surface area contributed by atoms with E-state index >= 15 is 0 Å². The third-order valence-corrected chi connectivity index (χ3v) is 3.21. The van der Waals surface area contributed by atoms with E-state index in [1.165, 1.54) is 0 Å². The van der Waals surface area contributed by atoms with Crippen molar-refractivity contribution in [1.29, 1.82) is 0 Å². The van der Waals surface area contributed by atoms with Crippen molar-refractivity contribution < 1.29 is 9.47 Å². The third kappa shape index (κ3) is 4.99. The van der Waals surface area contributed by atoms with Crippen molar-refractivity contribution in [3.05, 3.63) is 11.8 Å². The quantitative estimate of drug-likeness (QED) is 0.686. The zero-order valence-corrected chi connectivity index (χ0v) is 12.2.